The number of aromatic nitrogens is 1. The van der Waals surface area contributed by atoms with Crippen molar-refractivity contribution in [1.29, 1.82) is 0 Å². The van der Waals surface area contributed by atoms with E-state index in [1.54, 1.807) is 32.2 Å². The molecule has 1 aromatic heterocycles. The Balaban J connectivity index is 2.20. The number of pyridine rings is 1. The minimum atomic E-state index is -0.328. The number of halogens is 1. The van der Waals surface area contributed by atoms with Crippen LogP contribution in [-0.4, -0.2) is 17.9 Å². The molecule has 0 aliphatic heterocycles. The van der Waals surface area contributed by atoms with Gasteiger partial charge in [-0.2, -0.15) is 0 Å². The molecule has 0 spiro atoms. The number of hydrogen-bond acceptors (Lipinski definition) is 3. The molecule has 0 saturated carbocycles. The maximum atomic E-state index is 13.0. The molecule has 0 fully saturated rings. The summed E-state index contributed by atoms with van der Waals surface area (Å²) < 4.78 is 13.0. The van der Waals surface area contributed by atoms with Crippen LogP contribution in [0, 0.1) is 12.7 Å². The fourth-order valence-electron chi connectivity index (χ4n) is 1.65. The van der Waals surface area contributed by atoms with Gasteiger partial charge in [0, 0.05) is 12.7 Å². The lowest BCUT2D eigenvalue weighted by Crippen LogP contribution is -2.15. The lowest BCUT2D eigenvalue weighted by molar-refractivity contribution is 0.102. The summed E-state index contributed by atoms with van der Waals surface area (Å²) in [7, 11) is 1.73. The second-order valence-electron chi connectivity index (χ2n) is 4.07. The fraction of sp³-hybridized carbons (Fsp3) is 0.143. The van der Waals surface area contributed by atoms with Gasteiger partial charge in [0.15, 0.2) is 0 Å². The first-order chi connectivity index (χ1) is 9.10. The molecular weight excluding hydrogens is 245 g/mol. The minimum Gasteiger partial charge on any atom is -0.373 e. The molecule has 0 radical (unpaired) electrons. The van der Waals surface area contributed by atoms with Gasteiger partial charge in [0.05, 0.1) is 0 Å². The number of anilines is 2. The summed E-state index contributed by atoms with van der Waals surface area (Å²) in [5, 5.41) is 5.57. The highest BCUT2D eigenvalue weighted by atomic mass is 19.1. The molecule has 2 aromatic rings. The van der Waals surface area contributed by atoms with Gasteiger partial charge in [-0.1, -0.05) is 6.07 Å². The van der Waals surface area contributed by atoms with Crippen molar-refractivity contribution in [1.82, 2.24) is 4.98 Å². The van der Waals surface area contributed by atoms with Gasteiger partial charge in [-0.3, -0.25) is 4.79 Å². The number of rotatable bonds is 3. The SMILES string of the molecule is CNc1cccc(C(=O)Nc2ccc(F)cc2C)n1. The van der Waals surface area contributed by atoms with Crippen LogP contribution in [0.5, 0.6) is 0 Å². The number of nitrogens with one attached hydrogen (secondary N) is 2. The number of amides is 1. The van der Waals surface area contributed by atoms with Crippen LogP contribution in [0.1, 0.15) is 16.1 Å². The number of carbonyl (C=O) groups is 1. The summed E-state index contributed by atoms with van der Waals surface area (Å²) in [5.74, 6) is -0.0407. The van der Waals surface area contributed by atoms with E-state index >= 15 is 0 Å². The Hall–Kier alpha value is -2.43. The van der Waals surface area contributed by atoms with Crippen LogP contribution in [0.4, 0.5) is 15.9 Å². The first kappa shape index (κ1) is 13.0. The molecule has 4 nitrogen and oxygen atoms in total. The second kappa shape index (κ2) is 5.48. The molecule has 1 amide bonds. The van der Waals surface area contributed by atoms with Gasteiger partial charge in [-0.15, -0.1) is 0 Å². The maximum Gasteiger partial charge on any atom is 0.274 e. The van der Waals surface area contributed by atoms with Crippen molar-refractivity contribution in [2.45, 2.75) is 6.92 Å². The Morgan fingerprint density at radius 3 is 2.74 bits per heavy atom. The van der Waals surface area contributed by atoms with E-state index in [1.807, 2.05) is 0 Å². The number of nitrogens with zero attached hydrogens (tertiary/aromatic N) is 1. The van der Waals surface area contributed by atoms with Crippen molar-refractivity contribution in [3.8, 4) is 0 Å². The second-order valence-corrected chi connectivity index (χ2v) is 4.07. The fourth-order valence-corrected chi connectivity index (χ4v) is 1.65. The first-order valence-electron chi connectivity index (χ1n) is 5.82. The maximum absolute atomic E-state index is 13.0. The Labute approximate surface area is 110 Å². The average Bonchev–Trinajstić information content (AvgIpc) is 2.42. The topological polar surface area (TPSA) is 54.0 Å². The normalized spacial score (nSPS) is 10.1. The van der Waals surface area contributed by atoms with Crippen LogP contribution < -0.4 is 10.6 Å². The Morgan fingerprint density at radius 1 is 1.26 bits per heavy atom. The molecule has 19 heavy (non-hydrogen) atoms. The zero-order chi connectivity index (χ0) is 13.8. The van der Waals surface area contributed by atoms with Crippen LogP contribution >= 0.6 is 0 Å². The van der Waals surface area contributed by atoms with Crippen molar-refractivity contribution < 1.29 is 9.18 Å². The largest absolute Gasteiger partial charge is 0.373 e. The summed E-state index contributed by atoms with van der Waals surface area (Å²) in [6.45, 7) is 1.73. The quantitative estimate of drug-likeness (QED) is 0.891. The van der Waals surface area contributed by atoms with Gasteiger partial charge in [-0.05, 0) is 42.8 Å². The van der Waals surface area contributed by atoms with E-state index in [4.69, 9.17) is 0 Å². The van der Waals surface area contributed by atoms with Crippen molar-refractivity contribution in [2.75, 3.05) is 17.7 Å². The van der Waals surface area contributed by atoms with E-state index in [1.165, 1.54) is 18.2 Å². The van der Waals surface area contributed by atoms with E-state index in [9.17, 15) is 9.18 Å². The Kier molecular flexibility index (Phi) is 3.75. The Bertz CT molecular complexity index is 613. The van der Waals surface area contributed by atoms with Crippen LogP contribution in [0.3, 0.4) is 0 Å². The third kappa shape index (κ3) is 3.07. The Morgan fingerprint density at radius 2 is 2.05 bits per heavy atom. The molecule has 0 unspecified atom stereocenters. The molecule has 0 aliphatic carbocycles. The van der Waals surface area contributed by atoms with E-state index in [0.29, 0.717) is 22.8 Å². The van der Waals surface area contributed by atoms with Crippen molar-refractivity contribution in [3.05, 3.63) is 53.5 Å². The number of aryl methyl sites for hydroxylation is 1. The van der Waals surface area contributed by atoms with Crippen molar-refractivity contribution >= 4 is 17.4 Å². The van der Waals surface area contributed by atoms with Crippen LogP contribution in [0.25, 0.3) is 0 Å². The molecule has 2 rings (SSSR count). The van der Waals surface area contributed by atoms with E-state index in [2.05, 4.69) is 15.6 Å². The molecule has 0 saturated heterocycles. The molecule has 5 heteroatoms. The van der Waals surface area contributed by atoms with E-state index in [0.717, 1.165) is 0 Å². The van der Waals surface area contributed by atoms with Gasteiger partial charge >= 0.3 is 0 Å². The number of benzene rings is 1. The first-order valence-corrected chi connectivity index (χ1v) is 5.82. The van der Waals surface area contributed by atoms with Gasteiger partial charge in [-0.25, -0.2) is 9.37 Å². The van der Waals surface area contributed by atoms with Crippen molar-refractivity contribution in [3.63, 3.8) is 0 Å². The van der Waals surface area contributed by atoms with Gasteiger partial charge in [0.1, 0.15) is 17.3 Å². The van der Waals surface area contributed by atoms with Gasteiger partial charge in [0.2, 0.25) is 0 Å². The highest BCUT2D eigenvalue weighted by Gasteiger charge is 2.09. The van der Waals surface area contributed by atoms with Crippen LogP contribution in [0.15, 0.2) is 36.4 Å². The highest BCUT2D eigenvalue weighted by molar-refractivity contribution is 6.03. The zero-order valence-corrected chi connectivity index (χ0v) is 10.7. The summed E-state index contributed by atoms with van der Waals surface area (Å²) in [6, 6.07) is 9.33. The monoisotopic (exact) mass is 259 g/mol. The summed E-state index contributed by atoms with van der Waals surface area (Å²) >= 11 is 0. The van der Waals surface area contributed by atoms with Gasteiger partial charge in [0.25, 0.3) is 5.91 Å². The predicted molar refractivity (Wildman–Crippen MR) is 72.9 cm³/mol. The summed E-state index contributed by atoms with van der Waals surface area (Å²) in [6.07, 6.45) is 0. The van der Waals surface area contributed by atoms with Crippen LogP contribution in [0.2, 0.25) is 0 Å². The predicted octanol–water partition coefficient (Wildman–Crippen LogP) is 2.82. The molecule has 1 heterocycles. The lowest BCUT2D eigenvalue weighted by atomic mass is 10.2. The third-order valence-corrected chi connectivity index (χ3v) is 2.67. The van der Waals surface area contributed by atoms with Gasteiger partial charge < -0.3 is 10.6 Å². The number of carbonyl (C=O) groups excluding carboxylic acids is 1. The minimum absolute atomic E-state index is 0.301. The molecule has 2 N–H and O–H groups in total. The lowest BCUT2D eigenvalue weighted by Gasteiger charge is -2.08. The highest BCUT2D eigenvalue weighted by Crippen LogP contribution is 2.16. The molecular formula is C14H14FN3O. The van der Waals surface area contributed by atoms with Crippen LogP contribution in [-0.2, 0) is 0 Å². The summed E-state index contributed by atoms with van der Waals surface area (Å²) in [4.78, 5) is 16.2. The average molecular weight is 259 g/mol. The van der Waals surface area contributed by atoms with E-state index in [-0.39, 0.29) is 11.7 Å². The van der Waals surface area contributed by atoms with Crippen molar-refractivity contribution in [2.24, 2.45) is 0 Å². The zero-order valence-electron chi connectivity index (χ0n) is 10.7. The molecule has 0 bridgehead atoms. The standard InChI is InChI=1S/C14H14FN3O/c1-9-8-10(15)6-7-11(9)18-14(19)12-4-3-5-13(16-2)17-12/h3-8H,1-2H3,(H,16,17)(H,18,19). The molecule has 0 aliphatic rings. The third-order valence-electron chi connectivity index (χ3n) is 2.67. The summed E-state index contributed by atoms with van der Waals surface area (Å²) in [5.41, 5.74) is 1.54. The smallest absolute Gasteiger partial charge is 0.274 e. The van der Waals surface area contributed by atoms with E-state index < -0.39 is 0 Å². The molecule has 0 atom stereocenters. The molecule has 1 aromatic carbocycles. The molecule has 98 valence electrons. The number of hydrogen-bond donors (Lipinski definition) is 2.